The first-order valence-corrected chi connectivity index (χ1v) is 8.18. The van der Waals surface area contributed by atoms with Gasteiger partial charge in [-0.05, 0) is 26.3 Å². The van der Waals surface area contributed by atoms with Gasteiger partial charge in [-0.2, -0.15) is 0 Å². The molecule has 0 spiro atoms. The number of nitrogens with one attached hydrogen (secondary N) is 1. The van der Waals surface area contributed by atoms with E-state index < -0.39 is 9.84 Å². The SMILES string of the molecule is CCN(C(=O)CCS(C)(=O)=O)C1CCCNC1. The minimum Gasteiger partial charge on any atom is -0.339 e. The smallest absolute Gasteiger partial charge is 0.223 e. The van der Waals surface area contributed by atoms with Crippen molar-refractivity contribution >= 4 is 15.7 Å². The minimum absolute atomic E-state index is 0.0494. The number of nitrogens with zero attached hydrogens (tertiary/aromatic N) is 1. The van der Waals surface area contributed by atoms with E-state index >= 15 is 0 Å². The number of likely N-dealkylation sites (N-methyl/N-ethyl adjacent to an activating group) is 1. The molecule has 1 rings (SSSR count). The maximum Gasteiger partial charge on any atom is 0.223 e. The molecule has 1 aliphatic heterocycles. The van der Waals surface area contributed by atoms with Crippen LogP contribution < -0.4 is 5.32 Å². The second kappa shape index (κ2) is 6.35. The van der Waals surface area contributed by atoms with Gasteiger partial charge in [0, 0.05) is 31.8 Å². The van der Waals surface area contributed by atoms with Crippen LogP contribution in [0.3, 0.4) is 0 Å². The first-order valence-electron chi connectivity index (χ1n) is 6.12. The highest BCUT2D eigenvalue weighted by atomic mass is 32.2. The monoisotopic (exact) mass is 262 g/mol. The fraction of sp³-hybridized carbons (Fsp3) is 0.909. The summed E-state index contributed by atoms with van der Waals surface area (Å²) in [5.74, 6) is -0.103. The van der Waals surface area contributed by atoms with Crippen LogP contribution in [0.4, 0.5) is 0 Å². The van der Waals surface area contributed by atoms with E-state index in [-0.39, 0.29) is 24.1 Å². The lowest BCUT2D eigenvalue weighted by Gasteiger charge is -2.34. The van der Waals surface area contributed by atoms with Crippen LogP contribution in [0.25, 0.3) is 0 Å². The summed E-state index contributed by atoms with van der Waals surface area (Å²) < 4.78 is 22.1. The minimum atomic E-state index is -3.05. The topological polar surface area (TPSA) is 66.5 Å². The Labute approximate surface area is 103 Å². The molecule has 17 heavy (non-hydrogen) atoms. The molecule has 0 radical (unpaired) electrons. The van der Waals surface area contributed by atoms with Crippen molar-refractivity contribution in [1.29, 1.82) is 0 Å². The number of sulfone groups is 1. The van der Waals surface area contributed by atoms with Crippen molar-refractivity contribution in [1.82, 2.24) is 10.2 Å². The van der Waals surface area contributed by atoms with Crippen LogP contribution in [0.5, 0.6) is 0 Å². The van der Waals surface area contributed by atoms with Gasteiger partial charge >= 0.3 is 0 Å². The average molecular weight is 262 g/mol. The van der Waals surface area contributed by atoms with E-state index in [1.165, 1.54) is 6.26 Å². The summed E-state index contributed by atoms with van der Waals surface area (Å²) in [5, 5.41) is 3.26. The summed E-state index contributed by atoms with van der Waals surface area (Å²) >= 11 is 0. The highest BCUT2D eigenvalue weighted by Crippen LogP contribution is 2.11. The van der Waals surface area contributed by atoms with E-state index in [4.69, 9.17) is 0 Å². The summed E-state index contributed by atoms with van der Waals surface area (Å²) in [6, 6.07) is 0.223. The number of carbonyl (C=O) groups is 1. The van der Waals surface area contributed by atoms with E-state index in [0.29, 0.717) is 6.54 Å². The Kier molecular flexibility index (Phi) is 5.39. The van der Waals surface area contributed by atoms with Gasteiger partial charge in [-0.25, -0.2) is 8.42 Å². The molecule has 0 saturated carbocycles. The predicted octanol–water partition coefficient (Wildman–Crippen LogP) is 0.0216. The van der Waals surface area contributed by atoms with Crippen LogP contribution in [0.15, 0.2) is 0 Å². The summed E-state index contributed by atoms with van der Waals surface area (Å²) in [6.45, 7) is 4.41. The van der Waals surface area contributed by atoms with Crippen LogP contribution in [-0.2, 0) is 14.6 Å². The third kappa shape index (κ3) is 5.04. The van der Waals surface area contributed by atoms with Gasteiger partial charge in [0.15, 0.2) is 0 Å². The number of amides is 1. The average Bonchev–Trinajstić information content (AvgIpc) is 2.28. The fourth-order valence-corrected chi connectivity index (χ4v) is 2.70. The van der Waals surface area contributed by atoms with Gasteiger partial charge in [-0.3, -0.25) is 4.79 Å². The second-order valence-electron chi connectivity index (χ2n) is 4.56. The van der Waals surface area contributed by atoms with E-state index in [2.05, 4.69) is 5.32 Å². The van der Waals surface area contributed by atoms with E-state index in [9.17, 15) is 13.2 Å². The molecule has 1 amide bonds. The van der Waals surface area contributed by atoms with Gasteiger partial charge in [-0.1, -0.05) is 0 Å². The van der Waals surface area contributed by atoms with Gasteiger partial charge in [0.2, 0.25) is 5.91 Å². The molecule has 6 heteroatoms. The number of rotatable bonds is 5. The number of hydrogen-bond donors (Lipinski definition) is 1. The zero-order valence-electron chi connectivity index (χ0n) is 10.6. The molecule has 1 fully saturated rings. The zero-order valence-corrected chi connectivity index (χ0v) is 11.4. The van der Waals surface area contributed by atoms with E-state index in [1.54, 1.807) is 4.90 Å². The summed E-state index contributed by atoms with van der Waals surface area (Å²) in [6.07, 6.45) is 3.34. The van der Waals surface area contributed by atoms with Gasteiger partial charge in [-0.15, -0.1) is 0 Å². The van der Waals surface area contributed by atoms with Crippen LogP contribution >= 0.6 is 0 Å². The molecule has 1 unspecified atom stereocenters. The molecule has 1 N–H and O–H groups in total. The summed E-state index contributed by atoms with van der Waals surface area (Å²) in [5.41, 5.74) is 0. The highest BCUT2D eigenvalue weighted by molar-refractivity contribution is 7.90. The lowest BCUT2D eigenvalue weighted by molar-refractivity contribution is -0.133. The van der Waals surface area contributed by atoms with Crippen LogP contribution in [-0.4, -0.2) is 56.9 Å². The van der Waals surface area contributed by atoms with Crippen molar-refractivity contribution in [2.45, 2.75) is 32.2 Å². The maximum atomic E-state index is 12.0. The molecule has 1 heterocycles. The van der Waals surface area contributed by atoms with Gasteiger partial charge in [0.25, 0.3) is 0 Å². The predicted molar refractivity (Wildman–Crippen MR) is 67.6 cm³/mol. The number of piperidine rings is 1. The van der Waals surface area contributed by atoms with E-state index in [1.807, 2.05) is 6.92 Å². The van der Waals surface area contributed by atoms with Crippen molar-refractivity contribution in [3.8, 4) is 0 Å². The van der Waals surface area contributed by atoms with Gasteiger partial charge in [0.05, 0.1) is 5.75 Å². The Morgan fingerprint density at radius 3 is 2.65 bits per heavy atom. The summed E-state index contributed by atoms with van der Waals surface area (Å²) in [7, 11) is -3.05. The molecule has 1 saturated heterocycles. The molecule has 5 nitrogen and oxygen atoms in total. The van der Waals surface area contributed by atoms with Crippen molar-refractivity contribution in [3.63, 3.8) is 0 Å². The first kappa shape index (κ1) is 14.4. The van der Waals surface area contributed by atoms with Gasteiger partial charge in [0.1, 0.15) is 9.84 Å². The third-order valence-corrected chi connectivity index (χ3v) is 4.01. The lowest BCUT2D eigenvalue weighted by atomic mass is 10.1. The molecular formula is C11H22N2O3S. The molecule has 0 aromatic rings. The standard InChI is InChI=1S/C11H22N2O3S/c1-3-13(10-5-4-7-12-9-10)11(14)6-8-17(2,15)16/h10,12H,3-9H2,1-2H3. The zero-order chi connectivity index (χ0) is 12.9. The van der Waals surface area contributed by atoms with Crippen molar-refractivity contribution in [3.05, 3.63) is 0 Å². The first-order chi connectivity index (χ1) is 7.94. The number of hydrogen-bond acceptors (Lipinski definition) is 4. The summed E-state index contributed by atoms with van der Waals surface area (Å²) in [4.78, 5) is 13.8. The Balaban J connectivity index is 2.51. The molecule has 0 aromatic carbocycles. The van der Waals surface area contributed by atoms with Gasteiger partial charge < -0.3 is 10.2 Å². The quantitative estimate of drug-likeness (QED) is 0.758. The molecule has 100 valence electrons. The second-order valence-corrected chi connectivity index (χ2v) is 6.82. The number of carbonyl (C=O) groups excluding carboxylic acids is 1. The molecule has 0 aromatic heterocycles. The van der Waals surface area contributed by atoms with Crippen LogP contribution in [0.1, 0.15) is 26.2 Å². The van der Waals surface area contributed by atoms with Crippen LogP contribution in [0, 0.1) is 0 Å². The molecule has 1 aliphatic rings. The van der Waals surface area contributed by atoms with Crippen LogP contribution in [0.2, 0.25) is 0 Å². The molecule has 1 atom stereocenters. The van der Waals surface area contributed by atoms with Crippen molar-refractivity contribution < 1.29 is 13.2 Å². The largest absolute Gasteiger partial charge is 0.339 e. The van der Waals surface area contributed by atoms with Crippen molar-refractivity contribution in [2.24, 2.45) is 0 Å². The highest BCUT2D eigenvalue weighted by Gasteiger charge is 2.24. The Hall–Kier alpha value is -0.620. The van der Waals surface area contributed by atoms with Crippen molar-refractivity contribution in [2.75, 3.05) is 31.6 Å². The Morgan fingerprint density at radius 2 is 2.18 bits per heavy atom. The van der Waals surface area contributed by atoms with E-state index in [0.717, 1.165) is 25.9 Å². The molecule has 0 bridgehead atoms. The molecule has 0 aliphatic carbocycles. The maximum absolute atomic E-state index is 12.0. The Morgan fingerprint density at radius 1 is 1.47 bits per heavy atom. The molecular weight excluding hydrogens is 240 g/mol. The Bertz CT molecular complexity index is 348. The fourth-order valence-electron chi connectivity index (χ4n) is 2.15. The normalized spacial score (nSPS) is 21.2. The lowest BCUT2D eigenvalue weighted by Crippen LogP contribution is -2.48. The third-order valence-electron chi connectivity index (χ3n) is 3.06.